The molecule has 0 bridgehead atoms. The van der Waals surface area contributed by atoms with Gasteiger partial charge in [-0.05, 0) is 24.6 Å². The van der Waals surface area contributed by atoms with Crippen molar-refractivity contribution in [3.8, 4) is 22.6 Å². The van der Waals surface area contributed by atoms with Gasteiger partial charge >= 0.3 is 0 Å². The Labute approximate surface area is 137 Å². The van der Waals surface area contributed by atoms with Gasteiger partial charge in [0.15, 0.2) is 11.1 Å². The van der Waals surface area contributed by atoms with Crippen LogP contribution in [0.25, 0.3) is 22.6 Å². The molecule has 0 saturated carbocycles. The number of rotatable bonds is 3. The Morgan fingerprint density at radius 2 is 2.09 bits per heavy atom. The average molecular weight is 325 g/mol. The second-order valence-corrected chi connectivity index (χ2v) is 5.95. The lowest BCUT2D eigenvalue weighted by molar-refractivity contribution is 0.568. The first-order valence-electron chi connectivity index (χ1n) is 7.39. The number of guanidine groups is 1. The third kappa shape index (κ3) is 3.09. The van der Waals surface area contributed by atoms with E-state index in [4.69, 9.17) is 4.42 Å². The van der Waals surface area contributed by atoms with E-state index < -0.39 is 0 Å². The van der Waals surface area contributed by atoms with E-state index in [9.17, 15) is 0 Å². The lowest BCUT2D eigenvalue weighted by Gasteiger charge is -2.14. The summed E-state index contributed by atoms with van der Waals surface area (Å²) in [5, 5.41) is 9.24. The summed E-state index contributed by atoms with van der Waals surface area (Å²) in [7, 11) is 0. The van der Waals surface area contributed by atoms with Gasteiger partial charge in [0.25, 0.3) is 0 Å². The van der Waals surface area contributed by atoms with Crippen LogP contribution >= 0.6 is 11.3 Å². The molecule has 0 amide bonds. The van der Waals surface area contributed by atoms with Crippen LogP contribution in [-0.4, -0.2) is 29.0 Å². The zero-order valence-corrected chi connectivity index (χ0v) is 13.1. The zero-order valence-electron chi connectivity index (χ0n) is 12.3. The molecule has 2 N–H and O–H groups in total. The minimum Gasteiger partial charge on any atom is -0.472 e. The third-order valence-corrected chi connectivity index (χ3v) is 4.21. The summed E-state index contributed by atoms with van der Waals surface area (Å²) in [6.07, 6.45) is 4.40. The second-order valence-electron chi connectivity index (χ2n) is 5.09. The molecule has 0 aromatic carbocycles. The minimum absolute atomic E-state index is 0.789. The predicted octanol–water partition coefficient (Wildman–Crippen LogP) is 3.23. The van der Waals surface area contributed by atoms with Crippen molar-refractivity contribution in [3.63, 3.8) is 0 Å². The second kappa shape index (κ2) is 6.21. The molecule has 4 heterocycles. The summed E-state index contributed by atoms with van der Waals surface area (Å²) in [5.74, 6) is 0.789. The largest absolute Gasteiger partial charge is 0.472 e. The van der Waals surface area contributed by atoms with Gasteiger partial charge in [0.1, 0.15) is 5.69 Å². The van der Waals surface area contributed by atoms with Crippen molar-refractivity contribution in [1.82, 2.24) is 15.3 Å². The first-order valence-corrected chi connectivity index (χ1v) is 8.27. The lowest BCUT2D eigenvalue weighted by atomic mass is 10.2. The van der Waals surface area contributed by atoms with Crippen LogP contribution in [-0.2, 0) is 0 Å². The van der Waals surface area contributed by atoms with Crippen LogP contribution in [0, 0.1) is 0 Å². The summed E-state index contributed by atoms with van der Waals surface area (Å²) in [5.41, 5.74) is 3.52. The van der Waals surface area contributed by atoms with Gasteiger partial charge in [0, 0.05) is 24.0 Å². The number of anilines is 1. The number of aromatic nitrogens is 2. The van der Waals surface area contributed by atoms with Crippen LogP contribution in [0.1, 0.15) is 6.42 Å². The Hall–Kier alpha value is -2.67. The Balaban J connectivity index is 1.57. The SMILES string of the molecule is c1cc(-c2ccoc2)nc(-c2csc(NC3=NCCCN3)n2)c1. The summed E-state index contributed by atoms with van der Waals surface area (Å²) < 4.78 is 5.12. The fraction of sp³-hybridized carbons (Fsp3) is 0.188. The highest BCUT2D eigenvalue weighted by Crippen LogP contribution is 2.26. The molecule has 4 rings (SSSR count). The van der Waals surface area contributed by atoms with Gasteiger partial charge in [-0.2, -0.15) is 0 Å². The molecule has 23 heavy (non-hydrogen) atoms. The highest BCUT2D eigenvalue weighted by atomic mass is 32.1. The summed E-state index contributed by atoms with van der Waals surface area (Å²) in [6, 6.07) is 7.79. The molecule has 0 atom stereocenters. The Bertz CT molecular complexity index is 825. The summed E-state index contributed by atoms with van der Waals surface area (Å²) in [4.78, 5) is 13.6. The van der Waals surface area contributed by atoms with E-state index in [0.717, 1.165) is 53.2 Å². The molecular weight excluding hydrogens is 310 g/mol. The molecule has 0 saturated heterocycles. The van der Waals surface area contributed by atoms with E-state index in [1.807, 2.05) is 29.6 Å². The molecule has 7 heteroatoms. The first-order chi connectivity index (χ1) is 11.4. The number of thiazole rings is 1. The number of nitrogens with one attached hydrogen (secondary N) is 2. The molecule has 0 spiro atoms. The molecule has 3 aromatic rings. The molecule has 0 fully saturated rings. The molecule has 6 nitrogen and oxygen atoms in total. The van der Waals surface area contributed by atoms with Gasteiger partial charge < -0.3 is 15.1 Å². The molecule has 0 unspecified atom stereocenters. The number of hydrogen-bond donors (Lipinski definition) is 2. The van der Waals surface area contributed by atoms with E-state index in [-0.39, 0.29) is 0 Å². The fourth-order valence-electron chi connectivity index (χ4n) is 2.31. The number of furan rings is 1. The topological polar surface area (TPSA) is 75.3 Å². The Kier molecular flexibility index (Phi) is 3.77. The Morgan fingerprint density at radius 1 is 1.13 bits per heavy atom. The lowest BCUT2D eigenvalue weighted by Crippen LogP contribution is -2.35. The van der Waals surface area contributed by atoms with Crippen molar-refractivity contribution in [2.75, 3.05) is 18.4 Å². The van der Waals surface area contributed by atoms with Crippen LogP contribution < -0.4 is 10.6 Å². The van der Waals surface area contributed by atoms with Gasteiger partial charge in [-0.15, -0.1) is 11.3 Å². The van der Waals surface area contributed by atoms with Crippen molar-refractivity contribution in [2.45, 2.75) is 6.42 Å². The zero-order chi connectivity index (χ0) is 15.5. The minimum atomic E-state index is 0.789. The Morgan fingerprint density at radius 3 is 2.91 bits per heavy atom. The van der Waals surface area contributed by atoms with Gasteiger partial charge in [0.05, 0.1) is 23.9 Å². The maximum Gasteiger partial charge on any atom is 0.197 e. The fourth-order valence-corrected chi connectivity index (χ4v) is 3.02. The molecule has 1 aliphatic heterocycles. The molecule has 3 aromatic heterocycles. The standard InChI is InChI=1S/C16H15N5OS/c1-3-12(11-5-8-22-9-11)19-13(4-1)14-10-23-16(20-14)21-15-17-6-2-7-18-15/h1,3-5,8-10H,2,6-7H2,(H2,17,18,20,21). The predicted molar refractivity (Wildman–Crippen MR) is 91.6 cm³/mol. The number of nitrogens with zero attached hydrogens (tertiary/aromatic N) is 3. The quantitative estimate of drug-likeness (QED) is 0.773. The van der Waals surface area contributed by atoms with E-state index in [1.165, 1.54) is 11.3 Å². The van der Waals surface area contributed by atoms with Gasteiger partial charge in [0.2, 0.25) is 0 Å². The molecule has 1 aliphatic rings. The summed E-state index contributed by atoms with van der Waals surface area (Å²) >= 11 is 1.54. The monoisotopic (exact) mass is 325 g/mol. The smallest absolute Gasteiger partial charge is 0.197 e. The van der Waals surface area contributed by atoms with Crippen molar-refractivity contribution < 1.29 is 4.42 Å². The maximum atomic E-state index is 5.12. The number of aliphatic imine (C=N–C) groups is 1. The normalized spacial score (nSPS) is 14.2. The van der Waals surface area contributed by atoms with Crippen LogP contribution in [0.3, 0.4) is 0 Å². The van der Waals surface area contributed by atoms with Crippen LogP contribution in [0.5, 0.6) is 0 Å². The van der Waals surface area contributed by atoms with E-state index >= 15 is 0 Å². The van der Waals surface area contributed by atoms with E-state index in [2.05, 4.69) is 25.6 Å². The molecule has 0 aliphatic carbocycles. The van der Waals surface area contributed by atoms with Crippen LogP contribution in [0.15, 0.2) is 51.6 Å². The maximum absolute atomic E-state index is 5.12. The molecule has 116 valence electrons. The highest BCUT2D eigenvalue weighted by molar-refractivity contribution is 7.14. The molecular formula is C16H15N5OS. The number of hydrogen-bond acceptors (Lipinski definition) is 7. The van der Waals surface area contributed by atoms with E-state index in [1.54, 1.807) is 12.5 Å². The van der Waals surface area contributed by atoms with Gasteiger partial charge in [-0.1, -0.05) is 6.07 Å². The highest BCUT2D eigenvalue weighted by Gasteiger charge is 2.10. The first kappa shape index (κ1) is 14.0. The third-order valence-electron chi connectivity index (χ3n) is 3.46. The van der Waals surface area contributed by atoms with Crippen LogP contribution in [0.4, 0.5) is 5.13 Å². The van der Waals surface area contributed by atoms with Crippen molar-refractivity contribution >= 4 is 22.4 Å². The average Bonchev–Trinajstić information content (AvgIpc) is 3.28. The summed E-state index contributed by atoms with van der Waals surface area (Å²) in [6.45, 7) is 1.79. The van der Waals surface area contributed by atoms with Crippen molar-refractivity contribution in [1.29, 1.82) is 0 Å². The van der Waals surface area contributed by atoms with Crippen molar-refractivity contribution in [3.05, 3.63) is 42.2 Å². The van der Waals surface area contributed by atoms with Crippen LogP contribution in [0.2, 0.25) is 0 Å². The van der Waals surface area contributed by atoms with Crippen molar-refractivity contribution in [2.24, 2.45) is 4.99 Å². The van der Waals surface area contributed by atoms with Gasteiger partial charge in [-0.3, -0.25) is 4.99 Å². The van der Waals surface area contributed by atoms with Gasteiger partial charge in [-0.25, -0.2) is 9.97 Å². The number of pyridine rings is 1. The molecule has 0 radical (unpaired) electrons. The van der Waals surface area contributed by atoms with E-state index in [0.29, 0.717) is 0 Å².